The molecule has 1 aliphatic rings. The largest absolute Gasteiger partial charge is 0.339 e. The third-order valence-electron chi connectivity index (χ3n) is 3.78. The molecule has 0 N–H and O–H groups in total. The molecule has 1 atom stereocenters. The molecule has 0 spiro atoms. The number of rotatable bonds is 5. The van der Waals surface area contributed by atoms with Crippen LogP contribution in [0.1, 0.15) is 43.8 Å². The number of thiophene rings is 1. The molecule has 0 aliphatic carbocycles. The van der Waals surface area contributed by atoms with Gasteiger partial charge in [0, 0.05) is 19.5 Å². The van der Waals surface area contributed by atoms with E-state index in [1.807, 2.05) is 0 Å². The van der Waals surface area contributed by atoms with E-state index in [2.05, 4.69) is 17.1 Å². The highest BCUT2D eigenvalue weighted by Gasteiger charge is 2.33. The fraction of sp³-hybridized carbons (Fsp3) is 0.571. The van der Waals surface area contributed by atoms with Gasteiger partial charge in [0.2, 0.25) is 5.89 Å². The Kier molecular flexibility index (Phi) is 4.60. The maximum Gasteiger partial charge on any atom is 0.252 e. The van der Waals surface area contributed by atoms with Gasteiger partial charge in [-0.1, -0.05) is 18.1 Å². The molecule has 0 amide bonds. The Morgan fingerprint density at radius 1 is 1.50 bits per heavy atom. The van der Waals surface area contributed by atoms with E-state index in [0.717, 1.165) is 25.7 Å². The summed E-state index contributed by atoms with van der Waals surface area (Å²) in [5.74, 6) is 1.26. The lowest BCUT2D eigenvalue weighted by Crippen LogP contribution is -2.38. The molecule has 0 unspecified atom stereocenters. The third-order valence-corrected chi connectivity index (χ3v) is 7.02. The monoisotopic (exact) mass is 341 g/mol. The standard InChI is InChI=1S/C14H19N3O3S2/c1-2-5-12-15-14(20-16-12)11-6-3-8-17(10-11)22(18,19)13-7-4-9-21-13/h4,7,9,11H,2-3,5-6,8,10H2,1H3/t11-/m0/s1. The van der Waals surface area contributed by atoms with Crippen LogP contribution in [0, 0.1) is 0 Å². The number of aromatic nitrogens is 2. The molecule has 0 saturated carbocycles. The van der Waals surface area contributed by atoms with Crippen molar-refractivity contribution in [1.82, 2.24) is 14.4 Å². The number of sulfonamides is 1. The number of hydrogen-bond donors (Lipinski definition) is 0. The van der Waals surface area contributed by atoms with Gasteiger partial charge >= 0.3 is 0 Å². The first kappa shape index (κ1) is 15.6. The Morgan fingerprint density at radius 2 is 2.36 bits per heavy atom. The minimum atomic E-state index is -3.40. The van der Waals surface area contributed by atoms with Gasteiger partial charge in [0.1, 0.15) is 4.21 Å². The number of hydrogen-bond acceptors (Lipinski definition) is 6. The predicted octanol–water partition coefficient (Wildman–Crippen LogP) is 2.65. The van der Waals surface area contributed by atoms with Crippen molar-refractivity contribution in [1.29, 1.82) is 0 Å². The molecule has 6 nitrogen and oxygen atoms in total. The summed E-state index contributed by atoms with van der Waals surface area (Å²) in [4.78, 5) is 4.41. The minimum Gasteiger partial charge on any atom is -0.339 e. The molecular weight excluding hydrogens is 322 g/mol. The summed E-state index contributed by atoms with van der Waals surface area (Å²) >= 11 is 1.25. The first-order valence-electron chi connectivity index (χ1n) is 7.47. The minimum absolute atomic E-state index is 0.0124. The highest BCUT2D eigenvalue weighted by Crippen LogP contribution is 2.30. The van der Waals surface area contributed by atoms with Crippen LogP contribution in [-0.4, -0.2) is 36.0 Å². The van der Waals surface area contributed by atoms with E-state index in [1.54, 1.807) is 17.5 Å². The summed E-state index contributed by atoms with van der Waals surface area (Å²) in [5, 5.41) is 5.75. The first-order valence-corrected chi connectivity index (χ1v) is 9.79. The van der Waals surface area contributed by atoms with Gasteiger partial charge in [0.15, 0.2) is 5.82 Å². The molecule has 1 aliphatic heterocycles. The van der Waals surface area contributed by atoms with Crippen LogP contribution in [0.3, 0.4) is 0 Å². The second-order valence-electron chi connectivity index (χ2n) is 5.43. The van der Waals surface area contributed by atoms with E-state index in [-0.39, 0.29) is 5.92 Å². The van der Waals surface area contributed by atoms with Crippen molar-refractivity contribution < 1.29 is 12.9 Å². The Hall–Kier alpha value is -1.25. The highest BCUT2D eigenvalue weighted by atomic mass is 32.2. The van der Waals surface area contributed by atoms with Gasteiger partial charge in [-0.05, 0) is 30.7 Å². The molecule has 0 aromatic carbocycles. The van der Waals surface area contributed by atoms with E-state index in [1.165, 1.54) is 15.6 Å². The third kappa shape index (κ3) is 3.09. The second-order valence-corrected chi connectivity index (χ2v) is 8.55. The molecule has 2 aromatic rings. The zero-order chi connectivity index (χ0) is 15.6. The maximum atomic E-state index is 12.6. The van der Waals surface area contributed by atoms with Crippen molar-refractivity contribution in [2.75, 3.05) is 13.1 Å². The predicted molar refractivity (Wildman–Crippen MR) is 83.3 cm³/mol. The smallest absolute Gasteiger partial charge is 0.252 e. The molecule has 2 aromatic heterocycles. The Bertz CT molecular complexity index is 710. The van der Waals surface area contributed by atoms with E-state index < -0.39 is 10.0 Å². The number of aryl methyl sites for hydroxylation is 1. The number of piperidine rings is 1. The van der Waals surface area contributed by atoms with Crippen LogP contribution in [0.2, 0.25) is 0 Å². The molecule has 0 bridgehead atoms. The van der Waals surface area contributed by atoms with Crippen LogP contribution in [0.4, 0.5) is 0 Å². The summed E-state index contributed by atoms with van der Waals surface area (Å²) in [6.45, 7) is 3.02. The molecule has 120 valence electrons. The Balaban J connectivity index is 1.76. The molecule has 0 radical (unpaired) electrons. The lowest BCUT2D eigenvalue weighted by atomic mass is 10.00. The fourth-order valence-electron chi connectivity index (χ4n) is 2.66. The molecule has 22 heavy (non-hydrogen) atoms. The van der Waals surface area contributed by atoms with Crippen molar-refractivity contribution >= 4 is 21.4 Å². The molecule has 1 saturated heterocycles. The van der Waals surface area contributed by atoms with Gasteiger partial charge in [-0.15, -0.1) is 11.3 Å². The normalized spacial score (nSPS) is 20.3. The van der Waals surface area contributed by atoms with Gasteiger partial charge in [-0.25, -0.2) is 8.42 Å². The summed E-state index contributed by atoms with van der Waals surface area (Å²) in [7, 11) is -3.40. The van der Waals surface area contributed by atoms with Crippen LogP contribution in [0.15, 0.2) is 26.2 Å². The topological polar surface area (TPSA) is 76.3 Å². The highest BCUT2D eigenvalue weighted by molar-refractivity contribution is 7.91. The van der Waals surface area contributed by atoms with Crippen LogP contribution in [-0.2, 0) is 16.4 Å². The first-order chi connectivity index (χ1) is 10.6. The van der Waals surface area contributed by atoms with E-state index in [4.69, 9.17) is 4.52 Å². The molecule has 3 heterocycles. The second kappa shape index (κ2) is 6.47. The van der Waals surface area contributed by atoms with Crippen molar-refractivity contribution in [3.8, 4) is 0 Å². The van der Waals surface area contributed by atoms with E-state index in [9.17, 15) is 8.42 Å². The average Bonchev–Trinajstić information content (AvgIpc) is 3.19. The molecule has 3 rings (SSSR count). The quantitative estimate of drug-likeness (QED) is 0.835. The van der Waals surface area contributed by atoms with E-state index >= 15 is 0 Å². The summed E-state index contributed by atoms with van der Waals surface area (Å²) in [6, 6.07) is 3.41. The summed E-state index contributed by atoms with van der Waals surface area (Å²) < 4.78 is 32.5. The fourth-order valence-corrected chi connectivity index (χ4v) is 5.33. The van der Waals surface area contributed by atoms with Gasteiger partial charge in [-0.2, -0.15) is 9.29 Å². The molecule has 1 fully saturated rings. The SMILES string of the molecule is CCCc1noc([C@H]2CCCN(S(=O)(=O)c3cccs3)C2)n1. The van der Waals surface area contributed by atoms with Crippen molar-refractivity contribution in [2.45, 2.75) is 42.7 Å². The van der Waals surface area contributed by atoms with Gasteiger partial charge in [0.25, 0.3) is 10.0 Å². The molecular formula is C14H19N3O3S2. The van der Waals surface area contributed by atoms with E-state index in [0.29, 0.717) is 29.0 Å². The van der Waals surface area contributed by atoms with Crippen LogP contribution < -0.4 is 0 Å². The summed E-state index contributed by atoms with van der Waals surface area (Å²) in [5.41, 5.74) is 0. The lowest BCUT2D eigenvalue weighted by Gasteiger charge is -2.29. The van der Waals surface area contributed by atoms with Gasteiger partial charge in [0.05, 0.1) is 5.92 Å². The zero-order valence-corrected chi connectivity index (χ0v) is 14.1. The lowest BCUT2D eigenvalue weighted by molar-refractivity contribution is 0.265. The van der Waals surface area contributed by atoms with Crippen molar-refractivity contribution in [3.63, 3.8) is 0 Å². The summed E-state index contributed by atoms with van der Waals surface area (Å²) in [6.07, 6.45) is 3.43. The average molecular weight is 341 g/mol. The van der Waals surface area contributed by atoms with Crippen LogP contribution >= 0.6 is 11.3 Å². The van der Waals surface area contributed by atoms with Crippen LogP contribution in [0.5, 0.6) is 0 Å². The number of nitrogens with zero attached hydrogens (tertiary/aromatic N) is 3. The van der Waals surface area contributed by atoms with Crippen LogP contribution in [0.25, 0.3) is 0 Å². The van der Waals surface area contributed by atoms with Gasteiger partial charge in [-0.3, -0.25) is 0 Å². The van der Waals surface area contributed by atoms with Crippen molar-refractivity contribution in [2.24, 2.45) is 0 Å². The Labute approximate surface area is 134 Å². The maximum absolute atomic E-state index is 12.6. The van der Waals surface area contributed by atoms with Gasteiger partial charge < -0.3 is 4.52 Å². The Morgan fingerprint density at radius 3 is 3.09 bits per heavy atom. The molecule has 8 heteroatoms. The van der Waals surface area contributed by atoms with Crippen molar-refractivity contribution in [3.05, 3.63) is 29.2 Å². The zero-order valence-electron chi connectivity index (χ0n) is 12.4.